The van der Waals surface area contributed by atoms with Crippen LogP contribution in [-0.2, 0) is 27.4 Å². The molecular formula is C19H24O3S. The topological polar surface area (TPSA) is 27.7 Å². The summed E-state index contributed by atoms with van der Waals surface area (Å²) in [6.45, 7) is 2.26. The molecule has 0 aromatic heterocycles. The second kappa shape index (κ2) is 11.2. The molecule has 0 aliphatic carbocycles. The molecule has 124 valence electrons. The van der Waals surface area contributed by atoms with Crippen LogP contribution in [0, 0.1) is 0 Å². The Hall–Kier alpha value is -1.33. The minimum Gasteiger partial charge on any atom is -0.374 e. The van der Waals surface area contributed by atoms with Crippen LogP contribution in [-0.4, -0.2) is 31.5 Å². The lowest BCUT2D eigenvalue weighted by Gasteiger charge is -2.18. The summed E-state index contributed by atoms with van der Waals surface area (Å²) >= 11 is 1.66. The summed E-state index contributed by atoms with van der Waals surface area (Å²) in [5.74, 6) is 0.647. The third kappa shape index (κ3) is 7.66. The zero-order chi connectivity index (χ0) is 16.2. The summed E-state index contributed by atoms with van der Waals surface area (Å²) in [5.41, 5.74) is 2.34. The Morgan fingerprint density at radius 2 is 1.26 bits per heavy atom. The summed E-state index contributed by atoms with van der Waals surface area (Å²) in [5, 5.41) is 0. The van der Waals surface area contributed by atoms with Crippen LogP contribution in [0.1, 0.15) is 11.1 Å². The maximum Gasteiger partial charge on any atom is 0.105 e. The molecule has 0 radical (unpaired) electrons. The fourth-order valence-electron chi connectivity index (χ4n) is 2.07. The van der Waals surface area contributed by atoms with Gasteiger partial charge in [-0.2, -0.15) is 0 Å². The maximum atomic E-state index is 5.78. The van der Waals surface area contributed by atoms with Crippen LogP contribution in [0.5, 0.6) is 0 Å². The van der Waals surface area contributed by atoms with Gasteiger partial charge in [-0.15, -0.1) is 11.8 Å². The first kappa shape index (κ1) is 18.0. The molecule has 0 spiro atoms. The first-order valence-corrected chi connectivity index (χ1v) is 9.11. The smallest absolute Gasteiger partial charge is 0.105 e. The monoisotopic (exact) mass is 332 g/mol. The average molecular weight is 332 g/mol. The Labute approximate surface area is 143 Å². The number of thioether (sulfide) groups is 1. The standard InChI is InChI=1S/C19H24O3S/c1-23-16-22-19(14-20-12-17-8-4-2-5-9-17)15-21-13-18-10-6-3-7-11-18/h2-11,19H,12-16H2,1H3. The van der Waals surface area contributed by atoms with E-state index in [1.165, 1.54) is 11.1 Å². The Bertz CT molecular complexity index is 473. The normalized spacial score (nSPS) is 11.0. The molecule has 0 saturated heterocycles. The van der Waals surface area contributed by atoms with Crippen molar-refractivity contribution < 1.29 is 14.2 Å². The summed E-state index contributed by atoms with van der Waals surface area (Å²) in [6.07, 6.45) is 1.97. The molecule has 3 nitrogen and oxygen atoms in total. The van der Waals surface area contributed by atoms with E-state index >= 15 is 0 Å². The van der Waals surface area contributed by atoms with Crippen molar-refractivity contribution in [1.29, 1.82) is 0 Å². The Kier molecular flexibility index (Phi) is 8.81. The van der Waals surface area contributed by atoms with Gasteiger partial charge in [0.1, 0.15) is 6.10 Å². The van der Waals surface area contributed by atoms with E-state index in [-0.39, 0.29) is 6.10 Å². The number of hydrogen-bond acceptors (Lipinski definition) is 4. The van der Waals surface area contributed by atoms with Crippen LogP contribution in [0.25, 0.3) is 0 Å². The Balaban J connectivity index is 1.70. The zero-order valence-corrected chi connectivity index (χ0v) is 14.3. The highest BCUT2D eigenvalue weighted by molar-refractivity contribution is 7.98. The lowest BCUT2D eigenvalue weighted by atomic mass is 10.2. The van der Waals surface area contributed by atoms with E-state index in [2.05, 4.69) is 24.3 Å². The van der Waals surface area contributed by atoms with Crippen molar-refractivity contribution >= 4 is 11.8 Å². The van der Waals surface area contributed by atoms with Gasteiger partial charge in [-0.3, -0.25) is 0 Å². The molecule has 2 aromatic rings. The second-order valence-corrected chi connectivity index (χ2v) is 6.01. The fraction of sp³-hybridized carbons (Fsp3) is 0.368. The lowest BCUT2D eigenvalue weighted by molar-refractivity contribution is -0.0528. The third-order valence-corrected chi connectivity index (χ3v) is 3.62. The zero-order valence-electron chi connectivity index (χ0n) is 13.5. The van der Waals surface area contributed by atoms with Crippen LogP contribution in [0.2, 0.25) is 0 Å². The molecule has 0 saturated carbocycles. The van der Waals surface area contributed by atoms with Crippen molar-refractivity contribution in [3.63, 3.8) is 0 Å². The van der Waals surface area contributed by atoms with Crippen LogP contribution in [0.15, 0.2) is 60.7 Å². The highest BCUT2D eigenvalue weighted by Crippen LogP contribution is 2.07. The van der Waals surface area contributed by atoms with Crippen LogP contribution >= 0.6 is 11.8 Å². The van der Waals surface area contributed by atoms with Crippen LogP contribution in [0.4, 0.5) is 0 Å². The van der Waals surface area contributed by atoms with Crippen molar-refractivity contribution in [1.82, 2.24) is 0 Å². The number of hydrogen-bond donors (Lipinski definition) is 0. The van der Waals surface area contributed by atoms with E-state index in [9.17, 15) is 0 Å². The molecule has 0 heterocycles. The van der Waals surface area contributed by atoms with E-state index in [0.717, 1.165) is 0 Å². The minimum atomic E-state index is -0.0464. The first-order chi connectivity index (χ1) is 11.4. The van der Waals surface area contributed by atoms with Gasteiger partial charge in [0, 0.05) is 0 Å². The number of benzene rings is 2. The molecule has 2 rings (SSSR count). The second-order valence-electron chi connectivity index (χ2n) is 5.20. The van der Waals surface area contributed by atoms with Gasteiger partial charge in [0.05, 0.1) is 32.4 Å². The molecule has 0 unspecified atom stereocenters. The van der Waals surface area contributed by atoms with Crippen molar-refractivity contribution in [2.24, 2.45) is 0 Å². The van der Waals surface area contributed by atoms with Crippen molar-refractivity contribution in [3.8, 4) is 0 Å². The predicted molar refractivity (Wildman–Crippen MR) is 95.5 cm³/mol. The number of ether oxygens (including phenoxy) is 3. The van der Waals surface area contributed by atoms with Crippen LogP contribution in [0.3, 0.4) is 0 Å². The molecule has 23 heavy (non-hydrogen) atoms. The van der Waals surface area contributed by atoms with Crippen molar-refractivity contribution in [2.45, 2.75) is 19.3 Å². The fourth-order valence-corrected chi connectivity index (χ4v) is 2.40. The van der Waals surface area contributed by atoms with Gasteiger partial charge < -0.3 is 14.2 Å². The summed E-state index contributed by atoms with van der Waals surface area (Å²) in [7, 11) is 0. The molecule has 0 amide bonds. The van der Waals surface area contributed by atoms with E-state index in [1.807, 2.05) is 42.7 Å². The maximum absolute atomic E-state index is 5.78. The van der Waals surface area contributed by atoms with Gasteiger partial charge in [-0.1, -0.05) is 60.7 Å². The predicted octanol–water partition coefficient (Wildman–Crippen LogP) is 4.13. The highest BCUT2D eigenvalue weighted by Gasteiger charge is 2.10. The van der Waals surface area contributed by atoms with Gasteiger partial charge in [-0.25, -0.2) is 0 Å². The average Bonchev–Trinajstić information content (AvgIpc) is 2.61. The molecular weight excluding hydrogens is 308 g/mol. The Morgan fingerprint density at radius 3 is 1.70 bits per heavy atom. The Morgan fingerprint density at radius 1 is 0.783 bits per heavy atom. The van der Waals surface area contributed by atoms with Gasteiger partial charge in [-0.05, 0) is 17.4 Å². The molecule has 0 bridgehead atoms. The van der Waals surface area contributed by atoms with Crippen LogP contribution < -0.4 is 0 Å². The molecule has 0 atom stereocenters. The van der Waals surface area contributed by atoms with Crippen molar-refractivity contribution in [2.75, 3.05) is 25.4 Å². The molecule has 2 aromatic carbocycles. The van der Waals surface area contributed by atoms with E-state index in [0.29, 0.717) is 32.4 Å². The molecule has 0 N–H and O–H groups in total. The molecule has 0 aliphatic heterocycles. The molecule has 4 heteroatoms. The third-order valence-electron chi connectivity index (χ3n) is 3.25. The van der Waals surface area contributed by atoms with E-state index in [1.54, 1.807) is 11.8 Å². The van der Waals surface area contributed by atoms with E-state index in [4.69, 9.17) is 14.2 Å². The van der Waals surface area contributed by atoms with Gasteiger partial charge >= 0.3 is 0 Å². The van der Waals surface area contributed by atoms with E-state index < -0.39 is 0 Å². The van der Waals surface area contributed by atoms with Gasteiger partial charge in [0.25, 0.3) is 0 Å². The van der Waals surface area contributed by atoms with Gasteiger partial charge in [0.2, 0.25) is 0 Å². The number of rotatable bonds is 11. The largest absolute Gasteiger partial charge is 0.374 e. The summed E-state index contributed by atoms with van der Waals surface area (Å²) in [6, 6.07) is 20.3. The molecule has 0 fully saturated rings. The highest BCUT2D eigenvalue weighted by atomic mass is 32.2. The molecule has 0 aliphatic rings. The SMILES string of the molecule is CSCOC(COCc1ccccc1)COCc1ccccc1. The quantitative estimate of drug-likeness (QED) is 0.578. The summed E-state index contributed by atoms with van der Waals surface area (Å²) < 4.78 is 17.3. The summed E-state index contributed by atoms with van der Waals surface area (Å²) in [4.78, 5) is 0. The lowest BCUT2D eigenvalue weighted by Crippen LogP contribution is -2.25. The van der Waals surface area contributed by atoms with Gasteiger partial charge in [0.15, 0.2) is 0 Å². The first-order valence-electron chi connectivity index (χ1n) is 7.72. The van der Waals surface area contributed by atoms with Crippen molar-refractivity contribution in [3.05, 3.63) is 71.8 Å². The minimum absolute atomic E-state index is 0.0464.